The highest BCUT2D eigenvalue weighted by atomic mass is 35.5. The van der Waals surface area contributed by atoms with Crippen molar-refractivity contribution in [3.05, 3.63) is 34.3 Å². The number of hydrogen-bond donors (Lipinski definition) is 5. The fourth-order valence-electron chi connectivity index (χ4n) is 1.44. The molecule has 106 valence electrons. The molecule has 0 unspecified atom stereocenters. The molecule has 6 N–H and O–H groups in total. The first-order valence-corrected chi connectivity index (χ1v) is 6.01. The van der Waals surface area contributed by atoms with Crippen molar-refractivity contribution in [2.45, 2.75) is 12.1 Å². The summed E-state index contributed by atoms with van der Waals surface area (Å²) in [5, 5.41) is 30.7. The van der Waals surface area contributed by atoms with Crippen LogP contribution in [0.25, 0.3) is 0 Å². The van der Waals surface area contributed by atoms with E-state index >= 15 is 0 Å². The monoisotopic (exact) mass is 288 g/mol. The number of amides is 1. The van der Waals surface area contributed by atoms with Gasteiger partial charge in [-0.1, -0.05) is 17.7 Å². The van der Waals surface area contributed by atoms with Crippen molar-refractivity contribution in [1.29, 1.82) is 0 Å². The highest BCUT2D eigenvalue weighted by Gasteiger charge is 2.27. The molecular weight excluding hydrogens is 272 g/mol. The van der Waals surface area contributed by atoms with Gasteiger partial charge in [-0.25, -0.2) is 0 Å². The number of primary amides is 1. The molecule has 0 bridgehead atoms. The molecule has 1 aromatic carbocycles. The number of aliphatic hydroxyl groups is 3. The molecule has 19 heavy (non-hydrogen) atoms. The van der Waals surface area contributed by atoms with Gasteiger partial charge in [0.05, 0.1) is 25.4 Å². The lowest BCUT2D eigenvalue weighted by Crippen LogP contribution is -2.54. The summed E-state index contributed by atoms with van der Waals surface area (Å²) in [6.07, 6.45) is 0. The van der Waals surface area contributed by atoms with Crippen molar-refractivity contribution in [3.8, 4) is 0 Å². The summed E-state index contributed by atoms with van der Waals surface area (Å²) in [5.41, 5.74) is 4.91. The van der Waals surface area contributed by atoms with Crippen molar-refractivity contribution in [3.63, 3.8) is 0 Å². The van der Waals surface area contributed by atoms with E-state index in [9.17, 15) is 4.79 Å². The fraction of sp³-hybridized carbons (Fsp3) is 0.417. The highest BCUT2D eigenvalue weighted by Crippen LogP contribution is 2.18. The summed E-state index contributed by atoms with van der Waals surface area (Å²) in [6, 6.07) is 4.59. The predicted octanol–water partition coefficient (Wildman–Crippen LogP) is -0.756. The minimum atomic E-state index is -1.17. The molecule has 0 aliphatic rings. The van der Waals surface area contributed by atoms with Crippen LogP contribution in [0.2, 0.25) is 5.02 Å². The number of halogens is 1. The maximum atomic E-state index is 11.0. The zero-order valence-electron chi connectivity index (χ0n) is 10.3. The summed E-state index contributed by atoms with van der Waals surface area (Å²) in [6.45, 7) is -1.04. The number of nitrogens with two attached hydrogens (primary N) is 1. The SMILES string of the molecule is NC(=O)c1ccc(CNC(CO)(CO)CO)c(Cl)c1. The number of carbonyl (C=O) groups is 1. The van der Waals surface area contributed by atoms with E-state index in [0.29, 0.717) is 16.1 Å². The Bertz CT molecular complexity index is 441. The number of rotatable bonds is 7. The second kappa shape index (κ2) is 6.83. The van der Waals surface area contributed by atoms with Gasteiger partial charge in [0.2, 0.25) is 5.91 Å². The summed E-state index contributed by atoms with van der Waals surface area (Å²) < 4.78 is 0. The van der Waals surface area contributed by atoms with Gasteiger partial charge >= 0.3 is 0 Å². The van der Waals surface area contributed by atoms with E-state index in [-0.39, 0.29) is 6.54 Å². The molecule has 1 amide bonds. The van der Waals surface area contributed by atoms with Crippen molar-refractivity contribution in [1.82, 2.24) is 5.32 Å². The van der Waals surface area contributed by atoms with E-state index in [4.69, 9.17) is 32.7 Å². The van der Waals surface area contributed by atoms with E-state index in [1.807, 2.05) is 0 Å². The first kappa shape index (κ1) is 15.9. The molecule has 0 spiro atoms. The van der Waals surface area contributed by atoms with Crippen LogP contribution in [0.1, 0.15) is 15.9 Å². The maximum Gasteiger partial charge on any atom is 0.248 e. The third-order valence-electron chi connectivity index (χ3n) is 2.90. The van der Waals surface area contributed by atoms with Gasteiger partial charge in [0.15, 0.2) is 0 Å². The zero-order valence-corrected chi connectivity index (χ0v) is 11.0. The normalized spacial score (nSPS) is 11.6. The minimum Gasteiger partial charge on any atom is -0.394 e. The molecule has 1 rings (SSSR count). The summed E-state index contributed by atoms with van der Waals surface area (Å²) >= 11 is 6.00. The quantitative estimate of drug-likeness (QED) is 0.452. The van der Waals surface area contributed by atoms with Crippen molar-refractivity contribution in [2.75, 3.05) is 19.8 Å². The molecule has 6 nitrogen and oxygen atoms in total. The standard InChI is InChI=1S/C12H17ClN2O4/c13-10-3-8(11(14)19)1-2-9(10)4-15-12(5-16,6-17)7-18/h1-3,15-18H,4-7H2,(H2,14,19). The van der Waals surface area contributed by atoms with Crippen molar-refractivity contribution < 1.29 is 20.1 Å². The van der Waals surface area contributed by atoms with Gasteiger partial charge in [-0.05, 0) is 17.7 Å². The van der Waals surface area contributed by atoms with E-state index in [0.717, 1.165) is 0 Å². The predicted molar refractivity (Wildman–Crippen MR) is 70.8 cm³/mol. The molecule has 0 aromatic heterocycles. The first-order valence-electron chi connectivity index (χ1n) is 5.64. The Balaban J connectivity index is 2.80. The average Bonchev–Trinajstić information content (AvgIpc) is 2.42. The molecule has 0 saturated heterocycles. The van der Waals surface area contributed by atoms with Gasteiger partial charge < -0.3 is 26.4 Å². The van der Waals surface area contributed by atoms with Gasteiger partial charge in [-0.3, -0.25) is 4.79 Å². The molecular formula is C12H17ClN2O4. The number of benzene rings is 1. The van der Waals surface area contributed by atoms with Crippen LogP contribution in [0.4, 0.5) is 0 Å². The second-order valence-corrected chi connectivity index (χ2v) is 4.69. The van der Waals surface area contributed by atoms with Crippen LogP contribution in [-0.4, -0.2) is 46.6 Å². The number of carbonyl (C=O) groups excluding carboxylic acids is 1. The van der Waals surface area contributed by atoms with Gasteiger partial charge in [0.25, 0.3) is 0 Å². The van der Waals surface area contributed by atoms with E-state index < -0.39 is 31.3 Å². The molecule has 0 atom stereocenters. The topological polar surface area (TPSA) is 116 Å². The van der Waals surface area contributed by atoms with Crippen LogP contribution in [0.3, 0.4) is 0 Å². The third kappa shape index (κ3) is 3.89. The Morgan fingerprint density at radius 2 is 1.84 bits per heavy atom. The molecule has 0 saturated carbocycles. The molecule has 0 aliphatic carbocycles. The van der Waals surface area contributed by atoms with Gasteiger partial charge in [-0.2, -0.15) is 0 Å². The Labute approximate surface area is 115 Å². The third-order valence-corrected chi connectivity index (χ3v) is 3.25. The summed E-state index contributed by atoms with van der Waals surface area (Å²) in [5.74, 6) is -0.572. The molecule has 7 heteroatoms. The number of nitrogens with one attached hydrogen (secondary N) is 1. The minimum absolute atomic E-state index is 0.222. The van der Waals surface area contributed by atoms with Crippen LogP contribution in [0, 0.1) is 0 Å². The van der Waals surface area contributed by atoms with Gasteiger partial charge in [0.1, 0.15) is 0 Å². The van der Waals surface area contributed by atoms with Gasteiger partial charge in [0, 0.05) is 17.1 Å². The molecule has 0 aliphatic heterocycles. The van der Waals surface area contributed by atoms with E-state index in [1.165, 1.54) is 12.1 Å². The largest absolute Gasteiger partial charge is 0.394 e. The van der Waals surface area contributed by atoms with Crippen LogP contribution in [0.5, 0.6) is 0 Å². The molecule has 0 heterocycles. The second-order valence-electron chi connectivity index (χ2n) is 4.28. The van der Waals surface area contributed by atoms with Crippen LogP contribution in [-0.2, 0) is 6.54 Å². The van der Waals surface area contributed by atoms with Crippen molar-refractivity contribution >= 4 is 17.5 Å². The van der Waals surface area contributed by atoms with Crippen LogP contribution < -0.4 is 11.1 Å². The van der Waals surface area contributed by atoms with Crippen molar-refractivity contribution in [2.24, 2.45) is 5.73 Å². The summed E-state index contributed by atoms with van der Waals surface area (Å²) in [7, 11) is 0. The van der Waals surface area contributed by atoms with E-state index in [1.54, 1.807) is 6.07 Å². The highest BCUT2D eigenvalue weighted by molar-refractivity contribution is 6.31. The Morgan fingerprint density at radius 1 is 1.26 bits per heavy atom. The number of hydrogen-bond acceptors (Lipinski definition) is 5. The molecule has 0 fully saturated rings. The fourth-order valence-corrected chi connectivity index (χ4v) is 1.69. The average molecular weight is 289 g/mol. The lowest BCUT2D eigenvalue weighted by molar-refractivity contribution is 0.0414. The number of aliphatic hydroxyl groups excluding tert-OH is 3. The Morgan fingerprint density at radius 3 is 2.26 bits per heavy atom. The van der Waals surface area contributed by atoms with Crippen LogP contribution in [0.15, 0.2) is 18.2 Å². The van der Waals surface area contributed by atoms with Gasteiger partial charge in [-0.15, -0.1) is 0 Å². The maximum absolute atomic E-state index is 11.0. The lowest BCUT2D eigenvalue weighted by Gasteiger charge is -2.29. The smallest absolute Gasteiger partial charge is 0.248 e. The molecule has 0 radical (unpaired) electrons. The Hall–Kier alpha value is -1.18. The first-order chi connectivity index (χ1) is 8.98. The Kier molecular flexibility index (Phi) is 5.71. The zero-order chi connectivity index (χ0) is 14.5. The molecule has 1 aromatic rings. The van der Waals surface area contributed by atoms with E-state index in [2.05, 4.69) is 5.32 Å². The lowest BCUT2D eigenvalue weighted by atomic mass is 10.0. The summed E-state index contributed by atoms with van der Waals surface area (Å²) in [4.78, 5) is 11.0. The van der Waals surface area contributed by atoms with Crippen LogP contribution >= 0.6 is 11.6 Å².